The van der Waals surface area contributed by atoms with Gasteiger partial charge in [-0.1, -0.05) is 28.4 Å². The van der Waals surface area contributed by atoms with E-state index in [1.165, 1.54) is 4.31 Å². The fourth-order valence-electron chi connectivity index (χ4n) is 3.78. The van der Waals surface area contributed by atoms with E-state index in [-0.39, 0.29) is 17.4 Å². The van der Waals surface area contributed by atoms with E-state index in [9.17, 15) is 18.3 Å². The van der Waals surface area contributed by atoms with E-state index in [0.717, 1.165) is 17.3 Å². The third-order valence-corrected chi connectivity index (χ3v) is 7.92. The summed E-state index contributed by atoms with van der Waals surface area (Å²) in [6.45, 7) is 2.14. The highest BCUT2D eigenvalue weighted by atomic mass is 79.9. The number of hydrogen-bond donors (Lipinski definition) is 1. The van der Waals surface area contributed by atoms with Crippen molar-refractivity contribution in [2.75, 3.05) is 13.1 Å². The van der Waals surface area contributed by atoms with Crippen LogP contribution in [0.5, 0.6) is 0 Å². The molecule has 1 aromatic carbocycles. The number of benzene rings is 1. The van der Waals surface area contributed by atoms with Gasteiger partial charge in [-0.3, -0.25) is 4.79 Å². The maximum atomic E-state index is 12.9. The molecule has 1 aliphatic heterocycles. The molecule has 7 heteroatoms. The van der Waals surface area contributed by atoms with Crippen LogP contribution in [-0.4, -0.2) is 36.9 Å². The number of fused-ring (bicyclic) bond motifs is 1. The Morgan fingerprint density at radius 3 is 2.82 bits per heavy atom. The van der Waals surface area contributed by atoms with Gasteiger partial charge >= 0.3 is 5.97 Å². The second-order valence-corrected chi connectivity index (χ2v) is 8.97. The number of aliphatic carboxylic acids is 1. The molecule has 0 unspecified atom stereocenters. The number of carbonyl (C=O) groups is 1. The quantitative estimate of drug-likeness (QED) is 0.864. The van der Waals surface area contributed by atoms with Crippen molar-refractivity contribution in [1.29, 1.82) is 0 Å². The molecule has 5 nitrogen and oxygen atoms in total. The molecule has 0 amide bonds. The summed E-state index contributed by atoms with van der Waals surface area (Å²) in [4.78, 5) is 12.0. The molecule has 0 aromatic heterocycles. The lowest BCUT2D eigenvalue weighted by Gasteiger charge is -2.23. The van der Waals surface area contributed by atoms with E-state index < -0.39 is 21.4 Å². The highest BCUT2D eigenvalue weighted by molar-refractivity contribution is 9.10. The topological polar surface area (TPSA) is 74.7 Å². The third kappa shape index (κ3) is 2.21. The van der Waals surface area contributed by atoms with Crippen LogP contribution >= 0.6 is 15.9 Å². The van der Waals surface area contributed by atoms with E-state index in [0.29, 0.717) is 18.5 Å². The molecule has 1 N–H and O–H groups in total. The second-order valence-electron chi connectivity index (χ2n) is 6.21. The van der Waals surface area contributed by atoms with Crippen molar-refractivity contribution in [1.82, 2.24) is 4.31 Å². The van der Waals surface area contributed by atoms with Crippen molar-refractivity contribution in [3.63, 3.8) is 0 Å². The monoisotopic (exact) mass is 387 g/mol. The number of sulfonamides is 1. The van der Waals surface area contributed by atoms with Gasteiger partial charge in [-0.15, -0.1) is 0 Å². The highest BCUT2D eigenvalue weighted by Crippen LogP contribution is 2.50. The van der Waals surface area contributed by atoms with E-state index >= 15 is 0 Å². The summed E-state index contributed by atoms with van der Waals surface area (Å²) in [5.74, 6) is -0.939. The molecular weight excluding hydrogens is 370 g/mol. The fraction of sp³-hybridized carbons (Fsp3) is 0.533. The van der Waals surface area contributed by atoms with E-state index in [1.807, 2.05) is 0 Å². The zero-order valence-electron chi connectivity index (χ0n) is 12.3. The molecule has 1 heterocycles. The van der Waals surface area contributed by atoms with Gasteiger partial charge in [0.25, 0.3) is 0 Å². The number of carboxylic acid groups (broad SMARTS) is 1. The Kier molecular flexibility index (Phi) is 3.86. The zero-order chi connectivity index (χ0) is 16.1. The molecule has 120 valence electrons. The average Bonchev–Trinajstić information content (AvgIpc) is 2.99. The Labute approximate surface area is 138 Å². The van der Waals surface area contributed by atoms with E-state index in [2.05, 4.69) is 15.9 Å². The van der Waals surface area contributed by atoms with Crippen molar-refractivity contribution < 1.29 is 18.3 Å². The molecule has 2 atom stereocenters. The van der Waals surface area contributed by atoms with Crippen LogP contribution in [0.2, 0.25) is 0 Å². The predicted octanol–water partition coefficient (Wildman–Crippen LogP) is 2.63. The Bertz CT molecular complexity index is 733. The van der Waals surface area contributed by atoms with Gasteiger partial charge in [0.1, 0.15) is 0 Å². The summed E-state index contributed by atoms with van der Waals surface area (Å²) in [6.07, 6.45) is 2.22. The van der Waals surface area contributed by atoms with Gasteiger partial charge in [-0.25, -0.2) is 8.42 Å². The summed E-state index contributed by atoms with van der Waals surface area (Å²) in [5.41, 5.74) is -0.239. The van der Waals surface area contributed by atoms with Crippen LogP contribution in [0.4, 0.5) is 0 Å². The first-order valence-corrected chi connectivity index (χ1v) is 9.51. The smallest absolute Gasteiger partial charge is 0.311 e. The molecule has 2 aliphatic rings. The van der Waals surface area contributed by atoms with Crippen LogP contribution in [0.1, 0.15) is 24.8 Å². The number of halogens is 1. The highest BCUT2D eigenvalue weighted by Gasteiger charge is 2.57. The standard InChI is InChI=1S/C15H18BrNO4S/c1-10-12(16)5-2-6-13(10)22(20,21)17-8-11-4-3-7-15(11,9-17)14(18)19/h2,5-6,11H,3-4,7-9H2,1H3,(H,18,19)/t11-,15+/m0/s1. The van der Waals surface area contributed by atoms with Gasteiger partial charge in [-0.2, -0.15) is 4.31 Å². The summed E-state index contributed by atoms with van der Waals surface area (Å²) < 4.78 is 27.9. The zero-order valence-corrected chi connectivity index (χ0v) is 14.7. The van der Waals surface area contributed by atoms with Crippen molar-refractivity contribution in [3.05, 3.63) is 28.2 Å². The normalized spacial score (nSPS) is 28.7. The van der Waals surface area contributed by atoms with Crippen LogP contribution in [0, 0.1) is 18.3 Å². The Morgan fingerprint density at radius 1 is 1.45 bits per heavy atom. The van der Waals surface area contributed by atoms with Gasteiger partial charge in [0, 0.05) is 17.6 Å². The number of hydrogen-bond acceptors (Lipinski definition) is 3. The molecule has 22 heavy (non-hydrogen) atoms. The largest absolute Gasteiger partial charge is 0.481 e. The van der Waals surface area contributed by atoms with Crippen LogP contribution in [0.15, 0.2) is 27.6 Å². The predicted molar refractivity (Wildman–Crippen MR) is 85.0 cm³/mol. The molecule has 1 saturated heterocycles. The molecule has 0 radical (unpaired) electrons. The Morgan fingerprint density at radius 2 is 2.18 bits per heavy atom. The number of rotatable bonds is 3. The summed E-state index contributed by atoms with van der Waals surface area (Å²) in [7, 11) is -3.67. The van der Waals surface area contributed by atoms with E-state index in [1.54, 1.807) is 25.1 Å². The third-order valence-electron chi connectivity index (χ3n) is 5.10. The van der Waals surface area contributed by atoms with Crippen molar-refractivity contribution in [3.8, 4) is 0 Å². The lowest BCUT2D eigenvalue weighted by atomic mass is 9.81. The van der Waals surface area contributed by atoms with Crippen LogP contribution in [-0.2, 0) is 14.8 Å². The Balaban J connectivity index is 1.99. The lowest BCUT2D eigenvalue weighted by Crippen LogP contribution is -2.37. The first-order chi connectivity index (χ1) is 10.3. The lowest BCUT2D eigenvalue weighted by molar-refractivity contribution is -0.149. The van der Waals surface area contributed by atoms with Gasteiger partial charge in [-0.05, 0) is 43.4 Å². The van der Waals surface area contributed by atoms with Gasteiger partial charge < -0.3 is 5.11 Å². The second kappa shape index (κ2) is 5.32. The van der Waals surface area contributed by atoms with Crippen LogP contribution in [0.3, 0.4) is 0 Å². The minimum absolute atomic E-state index is 0.0766. The van der Waals surface area contributed by atoms with Crippen LogP contribution in [0.25, 0.3) is 0 Å². The molecule has 0 bridgehead atoms. The van der Waals surface area contributed by atoms with Gasteiger partial charge in [0.05, 0.1) is 10.3 Å². The van der Waals surface area contributed by atoms with Crippen molar-refractivity contribution in [2.45, 2.75) is 31.1 Å². The van der Waals surface area contributed by atoms with E-state index in [4.69, 9.17) is 0 Å². The van der Waals surface area contributed by atoms with Gasteiger partial charge in [0.15, 0.2) is 0 Å². The summed E-state index contributed by atoms with van der Waals surface area (Å²) >= 11 is 3.35. The maximum Gasteiger partial charge on any atom is 0.311 e. The average molecular weight is 388 g/mol. The summed E-state index contributed by atoms with van der Waals surface area (Å²) in [6, 6.07) is 5.07. The number of nitrogens with zero attached hydrogens (tertiary/aromatic N) is 1. The molecule has 1 aromatic rings. The molecule has 1 aliphatic carbocycles. The minimum atomic E-state index is -3.67. The van der Waals surface area contributed by atoms with Crippen molar-refractivity contribution in [2.24, 2.45) is 11.3 Å². The first-order valence-electron chi connectivity index (χ1n) is 7.28. The molecule has 0 spiro atoms. The Hall–Kier alpha value is -0.920. The fourth-order valence-corrected chi connectivity index (χ4v) is 6.08. The molecule has 1 saturated carbocycles. The SMILES string of the molecule is Cc1c(Br)cccc1S(=O)(=O)N1C[C@@H]2CCC[C@@]2(C(=O)O)C1. The first kappa shape index (κ1) is 16.0. The molecule has 3 rings (SSSR count). The molecular formula is C15H18BrNO4S. The summed E-state index contributed by atoms with van der Waals surface area (Å²) in [5, 5.41) is 9.60. The van der Waals surface area contributed by atoms with Crippen molar-refractivity contribution >= 4 is 31.9 Å². The number of carboxylic acids is 1. The van der Waals surface area contributed by atoms with Gasteiger partial charge in [0.2, 0.25) is 10.0 Å². The maximum absolute atomic E-state index is 12.9. The minimum Gasteiger partial charge on any atom is -0.481 e. The van der Waals surface area contributed by atoms with Crippen LogP contribution < -0.4 is 0 Å². The molecule has 2 fully saturated rings.